The summed E-state index contributed by atoms with van der Waals surface area (Å²) in [6.45, 7) is 1.46. The molecule has 10 nitrogen and oxygen atoms in total. The summed E-state index contributed by atoms with van der Waals surface area (Å²) in [5.74, 6) is 0.901. The minimum Gasteiger partial charge on any atom is -0.493 e. The van der Waals surface area contributed by atoms with Crippen LogP contribution in [0.2, 0.25) is 0 Å². The van der Waals surface area contributed by atoms with E-state index in [1.54, 1.807) is 23.1 Å². The minimum atomic E-state index is -0.532. The number of carbonyl (C=O) groups excluding carboxylic acids is 1. The zero-order chi connectivity index (χ0) is 25.4. The third kappa shape index (κ3) is 4.09. The van der Waals surface area contributed by atoms with Crippen LogP contribution < -0.4 is 29.6 Å². The Morgan fingerprint density at radius 3 is 2.36 bits per heavy atom. The first-order valence-electron chi connectivity index (χ1n) is 11.6. The number of hydrogen-bond acceptors (Lipinski definition) is 8. The van der Waals surface area contributed by atoms with Crippen LogP contribution in [-0.2, 0) is 9.53 Å². The molecule has 0 saturated carbocycles. The molecule has 0 bridgehead atoms. The second kappa shape index (κ2) is 9.30. The number of aromatic nitrogens is 2. The summed E-state index contributed by atoms with van der Waals surface area (Å²) in [6, 6.07) is 7.53. The molecule has 1 amide bonds. The van der Waals surface area contributed by atoms with Crippen LogP contribution in [0.15, 0.2) is 35.1 Å². The number of amides is 1. The molecular formula is C25H27FN4O6. The maximum Gasteiger partial charge on any atom is 0.264 e. The zero-order valence-corrected chi connectivity index (χ0v) is 20.3. The number of H-pyrrole nitrogens is 1. The number of rotatable bonds is 5. The van der Waals surface area contributed by atoms with Crippen molar-refractivity contribution in [1.29, 1.82) is 0 Å². The van der Waals surface area contributed by atoms with E-state index < -0.39 is 5.60 Å². The SMILES string of the molecule is COc1cc2nc(N3CCC4(CC3)CN(c3ccc(F)cc3)C(=O)CO4)[nH]c(=O)c2c(OC)c1OC. The van der Waals surface area contributed by atoms with Gasteiger partial charge in [-0.3, -0.25) is 14.6 Å². The summed E-state index contributed by atoms with van der Waals surface area (Å²) in [7, 11) is 4.44. The Morgan fingerprint density at radius 2 is 1.72 bits per heavy atom. The van der Waals surface area contributed by atoms with Gasteiger partial charge in [0.1, 0.15) is 17.8 Å². The minimum absolute atomic E-state index is 0.0378. The molecule has 1 N–H and O–H groups in total. The molecule has 3 heterocycles. The molecule has 2 saturated heterocycles. The number of fused-ring (bicyclic) bond motifs is 1. The molecule has 0 unspecified atom stereocenters. The first kappa shape index (κ1) is 23.9. The number of aromatic amines is 1. The van der Waals surface area contributed by atoms with Crippen LogP contribution in [-0.4, -0.2) is 69.0 Å². The molecule has 1 aromatic heterocycles. The maximum absolute atomic E-state index is 13.4. The van der Waals surface area contributed by atoms with Gasteiger partial charge in [-0.2, -0.15) is 0 Å². The van der Waals surface area contributed by atoms with E-state index in [2.05, 4.69) is 9.97 Å². The van der Waals surface area contributed by atoms with Gasteiger partial charge in [-0.15, -0.1) is 0 Å². The highest BCUT2D eigenvalue weighted by molar-refractivity contribution is 5.95. The number of benzene rings is 2. The lowest BCUT2D eigenvalue weighted by molar-refractivity contribution is -0.141. The fourth-order valence-corrected chi connectivity index (χ4v) is 4.91. The molecule has 5 rings (SSSR count). The number of morpholine rings is 1. The number of nitrogens with zero attached hydrogens (tertiary/aromatic N) is 3. The van der Waals surface area contributed by atoms with Crippen LogP contribution in [0, 0.1) is 5.82 Å². The van der Waals surface area contributed by atoms with E-state index in [0.717, 1.165) is 0 Å². The van der Waals surface area contributed by atoms with Gasteiger partial charge < -0.3 is 28.7 Å². The van der Waals surface area contributed by atoms with E-state index in [-0.39, 0.29) is 35.0 Å². The molecule has 2 aliphatic rings. The Labute approximate surface area is 206 Å². The van der Waals surface area contributed by atoms with Gasteiger partial charge in [-0.25, -0.2) is 9.37 Å². The molecule has 2 aromatic carbocycles. The summed E-state index contributed by atoms with van der Waals surface area (Å²) < 4.78 is 35.6. The van der Waals surface area contributed by atoms with E-state index in [1.807, 2.05) is 4.90 Å². The van der Waals surface area contributed by atoms with Crippen molar-refractivity contribution < 1.29 is 28.1 Å². The number of nitrogens with one attached hydrogen (secondary N) is 1. The van der Waals surface area contributed by atoms with E-state index in [4.69, 9.17) is 18.9 Å². The maximum atomic E-state index is 13.4. The highest BCUT2D eigenvalue weighted by Crippen LogP contribution is 2.42. The molecule has 0 radical (unpaired) electrons. The molecule has 36 heavy (non-hydrogen) atoms. The van der Waals surface area contributed by atoms with Crippen LogP contribution in [0.5, 0.6) is 17.2 Å². The summed E-state index contributed by atoms with van der Waals surface area (Å²) >= 11 is 0. The largest absolute Gasteiger partial charge is 0.493 e. The lowest BCUT2D eigenvalue weighted by Crippen LogP contribution is -2.59. The van der Waals surface area contributed by atoms with Crippen molar-refractivity contribution in [1.82, 2.24) is 9.97 Å². The van der Waals surface area contributed by atoms with Crippen molar-refractivity contribution in [2.24, 2.45) is 0 Å². The van der Waals surface area contributed by atoms with Crippen molar-refractivity contribution in [2.45, 2.75) is 18.4 Å². The predicted octanol–water partition coefficient (Wildman–Crippen LogP) is 2.49. The van der Waals surface area contributed by atoms with Gasteiger partial charge in [-0.1, -0.05) is 0 Å². The van der Waals surface area contributed by atoms with E-state index in [9.17, 15) is 14.0 Å². The molecule has 1 spiro atoms. The normalized spacial score (nSPS) is 17.5. The Bertz CT molecular complexity index is 1350. The second-order valence-corrected chi connectivity index (χ2v) is 8.84. The fourth-order valence-electron chi connectivity index (χ4n) is 4.91. The Hall–Kier alpha value is -3.86. The third-order valence-corrected chi connectivity index (χ3v) is 6.85. The summed E-state index contributed by atoms with van der Waals surface area (Å²) in [6.07, 6.45) is 1.24. The number of halogens is 1. The summed E-state index contributed by atoms with van der Waals surface area (Å²) in [5.41, 5.74) is 0.182. The summed E-state index contributed by atoms with van der Waals surface area (Å²) in [4.78, 5) is 36.8. The molecule has 11 heteroatoms. The first-order chi connectivity index (χ1) is 17.4. The van der Waals surface area contributed by atoms with E-state index in [0.29, 0.717) is 61.1 Å². The third-order valence-electron chi connectivity index (χ3n) is 6.85. The van der Waals surface area contributed by atoms with Gasteiger partial charge in [-0.05, 0) is 37.1 Å². The van der Waals surface area contributed by atoms with Gasteiger partial charge in [0.25, 0.3) is 11.5 Å². The molecular weight excluding hydrogens is 471 g/mol. The zero-order valence-electron chi connectivity index (χ0n) is 20.3. The average Bonchev–Trinajstić information content (AvgIpc) is 2.89. The lowest BCUT2D eigenvalue weighted by atomic mass is 9.89. The van der Waals surface area contributed by atoms with Crippen molar-refractivity contribution in [3.8, 4) is 17.2 Å². The van der Waals surface area contributed by atoms with E-state index in [1.165, 1.54) is 33.5 Å². The number of methoxy groups -OCH3 is 3. The fraction of sp³-hybridized carbons (Fsp3) is 0.400. The summed E-state index contributed by atoms with van der Waals surface area (Å²) in [5, 5.41) is 0.274. The predicted molar refractivity (Wildman–Crippen MR) is 131 cm³/mol. The number of ether oxygens (including phenoxy) is 4. The molecule has 2 fully saturated rings. The average molecular weight is 499 g/mol. The molecule has 190 valence electrons. The van der Waals surface area contributed by atoms with Gasteiger partial charge in [0.15, 0.2) is 11.5 Å². The van der Waals surface area contributed by atoms with Crippen molar-refractivity contribution in [3.63, 3.8) is 0 Å². The molecule has 0 atom stereocenters. The van der Waals surface area contributed by atoms with Crippen molar-refractivity contribution in [2.75, 3.05) is 57.4 Å². The Kier molecular flexibility index (Phi) is 6.17. The smallest absolute Gasteiger partial charge is 0.264 e. The quantitative estimate of drug-likeness (QED) is 0.572. The van der Waals surface area contributed by atoms with Crippen molar-refractivity contribution >= 4 is 28.4 Å². The molecule has 0 aliphatic carbocycles. The Morgan fingerprint density at radius 1 is 1.03 bits per heavy atom. The highest BCUT2D eigenvalue weighted by atomic mass is 19.1. The standard InChI is InChI=1S/C25H27FN4O6/c1-33-18-12-17-20(22(35-3)21(18)34-2)23(32)28-24(27-17)29-10-8-25(9-11-29)14-30(19(31)13-36-25)16-6-4-15(26)5-7-16/h4-7,12H,8-11,13-14H2,1-3H3,(H,27,28,32). The lowest BCUT2D eigenvalue weighted by Gasteiger charge is -2.47. The monoisotopic (exact) mass is 498 g/mol. The van der Waals surface area contributed by atoms with Gasteiger partial charge in [0, 0.05) is 24.8 Å². The van der Waals surface area contributed by atoms with Crippen LogP contribution in [0.25, 0.3) is 10.9 Å². The second-order valence-electron chi connectivity index (χ2n) is 8.84. The van der Waals surface area contributed by atoms with Gasteiger partial charge in [0.2, 0.25) is 11.7 Å². The van der Waals surface area contributed by atoms with Crippen LogP contribution in [0.3, 0.4) is 0 Å². The number of hydrogen-bond donors (Lipinski definition) is 1. The number of anilines is 2. The van der Waals surface area contributed by atoms with E-state index >= 15 is 0 Å². The number of piperidine rings is 1. The van der Waals surface area contributed by atoms with Crippen LogP contribution in [0.4, 0.5) is 16.0 Å². The van der Waals surface area contributed by atoms with Crippen LogP contribution in [0.1, 0.15) is 12.8 Å². The van der Waals surface area contributed by atoms with Crippen LogP contribution >= 0.6 is 0 Å². The van der Waals surface area contributed by atoms with Gasteiger partial charge in [0.05, 0.1) is 39.0 Å². The topological polar surface area (TPSA) is 106 Å². The number of carbonyl (C=O) groups is 1. The van der Waals surface area contributed by atoms with Crippen molar-refractivity contribution in [3.05, 3.63) is 46.5 Å². The first-order valence-corrected chi connectivity index (χ1v) is 11.6. The Balaban J connectivity index is 1.39. The van der Waals surface area contributed by atoms with Gasteiger partial charge >= 0.3 is 0 Å². The molecule has 2 aliphatic heterocycles. The highest BCUT2D eigenvalue weighted by Gasteiger charge is 2.43. The molecule has 3 aromatic rings.